The Hall–Kier alpha value is -3.33. The van der Waals surface area contributed by atoms with Crippen LogP contribution in [0.25, 0.3) is 11.4 Å². The summed E-state index contributed by atoms with van der Waals surface area (Å²) in [6.45, 7) is 8.14. The van der Waals surface area contributed by atoms with E-state index in [0.29, 0.717) is 16.5 Å². The molecule has 0 spiro atoms. The van der Waals surface area contributed by atoms with Crippen molar-refractivity contribution in [1.29, 1.82) is 0 Å². The Morgan fingerprint density at radius 1 is 1.00 bits per heavy atom. The van der Waals surface area contributed by atoms with Gasteiger partial charge in [-0.25, -0.2) is 4.68 Å². The molecule has 2 aromatic carbocycles. The Balaban J connectivity index is 1.62. The highest BCUT2D eigenvalue weighted by Crippen LogP contribution is 2.27. The lowest BCUT2D eigenvalue weighted by molar-refractivity contribution is -0.121. The number of nitrogens with one attached hydrogen (secondary N) is 2. The molecule has 162 valence electrons. The van der Waals surface area contributed by atoms with E-state index in [1.807, 2.05) is 30.3 Å². The third kappa shape index (κ3) is 5.43. The first kappa shape index (κ1) is 22.4. The lowest BCUT2D eigenvalue weighted by Crippen LogP contribution is -2.45. The molecule has 0 unspecified atom stereocenters. The van der Waals surface area contributed by atoms with Crippen molar-refractivity contribution in [3.05, 3.63) is 65.7 Å². The van der Waals surface area contributed by atoms with Crippen LogP contribution in [0.15, 0.2) is 59.8 Å². The summed E-state index contributed by atoms with van der Waals surface area (Å²) in [5, 5.41) is 8.12. The minimum atomic E-state index is -0.557. The number of rotatable bonds is 5. The van der Waals surface area contributed by atoms with Crippen LogP contribution < -0.4 is 16.7 Å². The molecule has 8 nitrogen and oxygen atoms in total. The molecule has 1 atom stereocenters. The van der Waals surface area contributed by atoms with Crippen molar-refractivity contribution in [1.82, 2.24) is 25.7 Å². The lowest BCUT2D eigenvalue weighted by atomic mass is 9.87. The Bertz CT molecular complexity index is 1060. The number of hydrogen-bond donors (Lipinski definition) is 3. The van der Waals surface area contributed by atoms with Crippen LogP contribution >= 0.6 is 11.8 Å². The fraction of sp³-hybridized carbons (Fsp3) is 0.273. The van der Waals surface area contributed by atoms with Gasteiger partial charge in [0, 0.05) is 11.1 Å². The normalized spacial score (nSPS) is 12.3. The van der Waals surface area contributed by atoms with E-state index in [0.717, 1.165) is 17.3 Å². The zero-order valence-corrected chi connectivity index (χ0v) is 18.7. The molecule has 0 aliphatic rings. The van der Waals surface area contributed by atoms with Crippen molar-refractivity contribution in [3.8, 4) is 11.4 Å². The minimum absolute atomic E-state index is 0.0503. The monoisotopic (exact) mass is 438 g/mol. The van der Waals surface area contributed by atoms with Gasteiger partial charge in [-0.1, -0.05) is 75.0 Å². The van der Waals surface area contributed by atoms with Crippen LogP contribution in [0.1, 0.15) is 43.6 Å². The molecule has 0 saturated heterocycles. The molecule has 0 aliphatic carbocycles. The first-order valence-electron chi connectivity index (χ1n) is 9.80. The van der Waals surface area contributed by atoms with E-state index < -0.39 is 11.2 Å². The van der Waals surface area contributed by atoms with Crippen molar-refractivity contribution >= 4 is 23.6 Å². The first-order chi connectivity index (χ1) is 14.7. The van der Waals surface area contributed by atoms with Crippen LogP contribution in [-0.4, -0.2) is 31.9 Å². The standard InChI is InChI=1S/C22H26N6O2S/c1-14(19(29)25-26-20(30)16-8-6-5-7-9-16)31-21-27-24-18(28(21)23)15-10-12-17(13-11-15)22(2,3)4/h5-14H,23H2,1-4H3,(H,25,29)(H,26,30)/t14-/m1/s1. The van der Waals surface area contributed by atoms with Crippen molar-refractivity contribution in [3.63, 3.8) is 0 Å². The van der Waals surface area contributed by atoms with E-state index in [2.05, 4.69) is 41.8 Å². The number of carbonyl (C=O) groups is 2. The maximum Gasteiger partial charge on any atom is 0.269 e. The van der Waals surface area contributed by atoms with Crippen LogP contribution in [0.5, 0.6) is 0 Å². The largest absolute Gasteiger partial charge is 0.335 e. The fourth-order valence-electron chi connectivity index (χ4n) is 2.77. The average molecular weight is 439 g/mol. The van der Waals surface area contributed by atoms with Gasteiger partial charge in [0.05, 0.1) is 5.25 Å². The molecule has 0 radical (unpaired) electrons. The summed E-state index contributed by atoms with van der Waals surface area (Å²) < 4.78 is 1.36. The van der Waals surface area contributed by atoms with Crippen molar-refractivity contribution in [2.24, 2.45) is 0 Å². The van der Waals surface area contributed by atoms with Crippen LogP contribution in [0.2, 0.25) is 0 Å². The van der Waals surface area contributed by atoms with Gasteiger partial charge in [0.1, 0.15) is 0 Å². The van der Waals surface area contributed by atoms with Gasteiger partial charge >= 0.3 is 0 Å². The molecule has 2 amide bonds. The molecule has 3 rings (SSSR count). The number of hydrogen-bond acceptors (Lipinski definition) is 6. The zero-order chi connectivity index (χ0) is 22.6. The molecule has 3 aromatic rings. The molecular formula is C22H26N6O2S. The number of nitrogens with zero attached hydrogens (tertiary/aromatic N) is 3. The second-order valence-electron chi connectivity index (χ2n) is 8.07. The van der Waals surface area contributed by atoms with Crippen LogP contribution in [-0.2, 0) is 10.2 Å². The highest BCUT2D eigenvalue weighted by atomic mass is 32.2. The molecule has 9 heteroatoms. The maximum absolute atomic E-state index is 12.4. The molecule has 1 heterocycles. The Morgan fingerprint density at radius 3 is 2.26 bits per heavy atom. The van der Waals surface area contributed by atoms with Crippen LogP contribution in [0, 0.1) is 0 Å². The van der Waals surface area contributed by atoms with Gasteiger partial charge < -0.3 is 5.84 Å². The van der Waals surface area contributed by atoms with Gasteiger partial charge in [-0.2, -0.15) is 0 Å². The second-order valence-corrected chi connectivity index (χ2v) is 9.38. The molecule has 0 saturated carbocycles. The van der Waals surface area contributed by atoms with Gasteiger partial charge in [0.15, 0.2) is 5.82 Å². The maximum atomic E-state index is 12.4. The predicted octanol–water partition coefficient (Wildman–Crippen LogP) is 2.90. The fourth-order valence-corrected chi connectivity index (χ4v) is 3.54. The number of benzene rings is 2. The van der Waals surface area contributed by atoms with Gasteiger partial charge in [0.25, 0.3) is 11.8 Å². The highest BCUT2D eigenvalue weighted by molar-refractivity contribution is 8.00. The topological polar surface area (TPSA) is 115 Å². The summed E-state index contributed by atoms with van der Waals surface area (Å²) in [6, 6.07) is 16.6. The second kappa shape index (κ2) is 9.22. The van der Waals surface area contributed by atoms with E-state index >= 15 is 0 Å². The van der Waals surface area contributed by atoms with E-state index in [4.69, 9.17) is 5.84 Å². The van der Waals surface area contributed by atoms with E-state index in [1.54, 1.807) is 31.2 Å². The van der Waals surface area contributed by atoms with Crippen molar-refractivity contribution < 1.29 is 9.59 Å². The van der Waals surface area contributed by atoms with E-state index in [-0.39, 0.29) is 11.3 Å². The number of nitrogen functional groups attached to an aromatic ring is 1. The Morgan fingerprint density at radius 2 is 1.65 bits per heavy atom. The van der Waals surface area contributed by atoms with Gasteiger partial charge in [-0.15, -0.1) is 10.2 Å². The van der Waals surface area contributed by atoms with Crippen LogP contribution in [0.4, 0.5) is 0 Å². The molecular weight excluding hydrogens is 412 g/mol. The summed E-state index contributed by atoms with van der Waals surface area (Å²) in [4.78, 5) is 24.4. The Kier molecular flexibility index (Phi) is 6.65. The quantitative estimate of drug-likeness (QED) is 0.321. The van der Waals surface area contributed by atoms with E-state index in [9.17, 15) is 9.59 Å². The summed E-state index contributed by atoms with van der Waals surface area (Å²) in [5.41, 5.74) is 7.37. The molecule has 0 bridgehead atoms. The SMILES string of the molecule is C[C@@H](Sc1nnc(-c2ccc(C(C)(C)C)cc2)n1N)C(=O)NNC(=O)c1ccccc1. The van der Waals surface area contributed by atoms with E-state index in [1.165, 1.54) is 10.2 Å². The first-order valence-corrected chi connectivity index (χ1v) is 10.7. The number of nitrogens with two attached hydrogens (primary N) is 1. The summed E-state index contributed by atoms with van der Waals surface area (Å²) in [7, 11) is 0. The Labute approximate surface area is 185 Å². The molecule has 1 aromatic heterocycles. The number of thioether (sulfide) groups is 1. The number of carbonyl (C=O) groups excluding carboxylic acids is 2. The summed E-state index contributed by atoms with van der Waals surface area (Å²) in [5.74, 6) is 5.91. The molecule has 0 fully saturated rings. The number of aromatic nitrogens is 3. The average Bonchev–Trinajstić information content (AvgIpc) is 3.11. The predicted molar refractivity (Wildman–Crippen MR) is 122 cm³/mol. The summed E-state index contributed by atoms with van der Waals surface area (Å²) in [6.07, 6.45) is 0. The smallest absolute Gasteiger partial charge is 0.269 e. The van der Waals surface area contributed by atoms with Crippen molar-refractivity contribution in [2.75, 3.05) is 5.84 Å². The van der Waals surface area contributed by atoms with Gasteiger partial charge in [-0.05, 0) is 30.0 Å². The van der Waals surface area contributed by atoms with Crippen LogP contribution in [0.3, 0.4) is 0 Å². The van der Waals surface area contributed by atoms with Gasteiger partial charge in [0.2, 0.25) is 5.16 Å². The minimum Gasteiger partial charge on any atom is -0.335 e. The lowest BCUT2D eigenvalue weighted by Gasteiger charge is -2.19. The number of amides is 2. The molecule has 0 aliphatic heterocycles. The zero-order valence-electron chi connectivity index (χ0n) is 17.9. The van der Waals surface area contributed by atoms with Crippen molar-refractivity contribution in [2.45, 2.75) is 43.5 Å². The highest BCUT2D eigenvalue weighted by Gasteiger charge is 2.21. The number of hydrazine groups is 1. The molecule has 4 N–H and O–H groups in total. The summed E-state index contributed by atoms with van der Waals surface area (Å²) >= 11 is 1.15. The third-order valence-electron chi connectivity index (χ3n) is 4.66. The third-order valence-corrected chi connectivity index (χ3v) is 5.72. The molecule has 31 heavy (non-hydrogen) atoms. The van der Waals surface area contributed by atoms with Gasteiger partial charge in [-0.3, -0.25) is 20.4 Å².